The molecule has 1 aliphatic rings. The lowest BCUT2D eigenvalue weighted by Gasteiger charge is -2.24. The standard InChI is InChI=1S/C8H16NO/c1-3-9-6-4-5-8(9)7(2)10/h7-8,10H,1,3-6H2,2H3. The first-order chi connectivity index (χ1) is 4.75. The number of aliphatic hydroxyl groups is 1. The van der Waals surface area contributed by atoms with Crippen LogP contribution in [0.5, 0.6) is 0 Å². The molecule has 2 unspecified atom stereocenters. The van der Waals surface area contributed by atoms with Crippen LogP contribution in [0, 0.1) is 6.92 Å². The second-order valence-electron chi connectivity index (χ2n) is 2.99. The van der Waals surface area contributed by atoms with E-state index >= 15 is 0 Å². The number of hydrogen-bond donors (Lipinski definition) is 1. The van der Waals surface area contributed by atoms with Crippen molar-refractivity contribution in [1.29, 1.82) is 0 Å². The molecular weight excluding hydrogens is 126 g/mol. The van der Waals surface area contributed by atoms with E-state index in [9.17, 15) is 5.11 Å². The van der Waals surface area contributed by atoms with Crippen LogP contribution in [0.4, 0.5) is 0 Å². The molecule has 1 N–H and O–H groups in total. The SMILES string of the molecule is [CH2]CN1CCCC1C(C)O. The highest BCUT2D eigenvalue weighted by Gasteiger charge is 2.26. The third kappa shape index (κ3) is 1.50. The topological polar surface area (TPSA) is 23.5 Å². The molecule has 0 saturated carbocycles. The minimum atomic E-state index is -0.191. The van der Waals surface area contributed by atoms with E-state index in [0.29, 0.717) is 6.04 Å². The van der Waals surface area contributed by atoms with Crippen LogP contribution in [0.1, 0.15) is 19.8 Å². The Bertz CT molecular complexity index is 103. The van der Waals surface area contributed by atoms with Crippen molar-refractivity contribution in [2.45, 2.75) is 31.9 Å². The highest BCUT2D eigenvalue weighted by molar-refractivity contribution is 4.82. The number of hydrogen-bond acceptors (Lipinski definition) is 2. The van der Waals surface area contributed by atoms with Crippen molar-refractivity contribution < 1.29 is 5.11 Å². The van der Waals surface area contributed by atoms with Gasteiger partial charge in [0.05, 0.1) is 6.10 Å². The summed E-state index contributed by atoms with van der Waals surface area (Å²) in [5, 5.41) is 9.28. The van der Waals surface area contributed by atoms with Gasteiger partial charge < -0.3 is 5.11 Å². The fourth-order valence-electron chi connectivity index (χ4n) is 1.68. The highest BCUT2D eigenvalue weighted by atomic mass is 16.3. The first-order valence-electron chi connectivity index (χ1n) is 3.97. The first kappa shape index (κ1) is 8.02. The number of nitrogens with zero attached hydrogens (tertiary/aromatic N) is 1. The molecule has 1 radical (unpaired) electrons. The van der Waals surface area contributed by atoms with Crippen molar-refractivity contribution >= 4 is 0 Å². The van der Waals surface area contributed by atoms with Gasteiger partial charge in [-0.3, -0.25) is 4.90 Å². The molecule has 1 fully saturated rings. The van der Waals surface area contributed by atoms with Crippen molar-refractivity contribution in [2.75, 3.05) is 13.1 Å². The van der Waals surface area contributed by atoms with Crippen molar-refractivity contribution in [3.05, 3.63) is 6.92 Å². The van der Waals surface area contributed by atoms with E-state index in [1.54, 1.807) is 0 Å². The second kappa shape index (κ2) is 3.35. The van der Waals surface area contributed by atoms with Crippen LogP contribution in [0.25, 0.3) is 0 Å². The molecule has 1 aliphatic heterocycles. The summed E-state index contributed by atoms with van der Waals surface area (Å²) in [4.78, 5) is 2.24. The van der Waals surface area contributed by atoms with E-state index in [-0.39, 0.29) is 6.10 Å². The van der Waals surface area contributed by atoms with Gasteiger partial charge in [0.1, 0.15) is 0 Å². The van der Waals surface area contributed by atoms with Crippen LogP contribution in [-0.2, 0) is 0 Å². The monoisotopic (exact) mass is 142 g/mol. The second-order valence-corrected chi connectivity index (χ2v) is 2.99. The third-order valence-corrected chi connectivity index (χ3v) is 2.26. The molecule has 2 nitrogen and oxygen atoms in total. The van der Waals surface area contributed by atoms with Gasteiger partial charge in [0.25, 0.3) is 0 Å². The molecule has 1 heterocycles. The molecule has 1 saturated heterocycles. The van der Waals surface area contributed by atoms with Gasteiger partial charge in [0.2, 0.25) is 0 Å². The van der Waals surface area contributed by atoms with Crippen LogP contribution in [0.3, 0.4) is 0 Å². The maximum absolute atomic E-state index is 9.28. The van der Waals surface area contributed by atoms with E-state index in [1.165, 1.54) is 6.42 Å². The third-order valence-electron chi connectivity index (χ3n) is 2.26. The van der Waals surface area contributed by atoms with Crippen LogP contribution < -0.4 is 0 Å². The van der Waals surface area contributed by atoms with Crippen molar-refractivity contribution in [2.24, 2.45) is 0 Å². The largest absolute Gasteiger partial charge is 0.392 e. The van der Waals surface area contributed by atoms with Crippen LogP contribution in [0.2, 0.25) is 0 Å². The maximum Gasteiger partial charge on any atom is 0.0667 e. The van der Waals surface area contributed by atoms with Crippen LogP contribution >= 0.6 is 0 Å². The molecule has 10 heavy (non-hydrogen) atoms. The smallest absolute Gasteiger partial charge is 0.0667 e. The molecule has 0 aromatic rings. The number of likely N-dealkylation sites (tertiary alicyclic amines) is 1. The van der Waals surface area contributed by atoms with Crippen molar-refractivity contribution in [3.63, 3.8) is 0 Å². The van der Waals surface area contributed by atoms with Crippen LogP contribution in [0.15, 0.2) is 0 Å². The fourth-order valence-corrected chi connectivity index (χ4v) is 1.68. The zero-order valence-corrected chi connectivity index (χ0v) is 6.58. The van der Waals surface area contributed by atoms with Crippen molar-refractivity contribution in [1.82, 2.24) is 4.90 Å². The Kier molecular flexibility index (Phi) is 2.69. The van der Waals surface area contributed by atoms with Gasteiger partial charge in [-0.25, -0.2) is 0 Å². The molecule has 2 heteroatoms. The predicted octanol–water partition coefficient (Wildman–Crippen LogP) is 0.666. The normalized spacial score (nSPS) is 30.9. The molecule has 0 aliphatic carbocycles. The summed E-state index contributed by atoms with van der Waals surface area (Å²) < 4.78 is 0. The van der Waals surface area contributed by atoms with Gasteiger partial charge >= 0.3 is 0 Å². The Balaban J connectivity index is 2.42. The molecule has 1 rings (SSSR count). The zero-order chi connectivity index (χ0) is 7.56. The average molecular weight is 142 g/mol. The van der Waals surface area contributed by atoms with Gasteiger partial charge in [-0.05, 0) is 39.8 Å². The number of rotatable bonds is 2. The lowest BCUT2D eigenvalue weighted by Crippen LogP contribution is -2.37. The van der Waals surface area contributed by atoms with Gasteiger partial charge in [0, 0.05) is 6.04 Å². The minimum Gasteiger partial charge on any atom is -0.392 e. The summed E-state index contributed by atoms with van der Waals surface area (Å²) in [5.74, 6) is 0. The Morgan fingerprint density at radius 2 is 2.50 bits per heavy atom. The molecule has 0 amide bonds. The summed E-state index contributed by atoms with van der Waals surface area (Å²) in [7, 11) is 0. The highest BCUT2D eigenvalue weighted by Crippen LogP contribution is 2.18. The fraction of sp³-hybridized carbons (Fsp3) is 0.875. The van der Waals surface area contributed by atoms with E-state index in [2.05, 4.69) is 11.8 Å². The van der Waals surface area contributed by atoms with E-state index in [1.807, 2.05) is 6.92 Å². The average Bonchev–Trinajstić information content (AvgIpc) is 2.33. The summed E-state index contributed by atoms with van der Waals surface area (Å²) in [6.07, 6.45) is 2.15. The molecule has 0 spiro atoms. The molecule has 0 aromatic carbocycles. The molecule has 2 atom stereocenters. The van der Waals surface area contributed by atoms with Crippen molar-refractivity contribution in [3.8, 4) is 0 Å². The van der Waals surface area contributed by atoms with Gasteiger partial charge in [-0.2, -0.15) is 0 Å². The Morgan fingerprint density at radius 3 is 2.90 bits per heavy atom. The molecule has 0 aromatic heterocycles. The lowest BCUT2D eigenvalue weighted by atomic mass is 10.1. The summed E-state index contributed by atoms with van der Waals surface area (Å²) in [5.41, 5.74) is 0. The molecule has 0 bridgehead atoms. The minimum absolute atomic E-state index is 0.191. The molecular formula is C8H16NO. The Labute approximate surface area is 62.8 Å². The lowest BCUT2D eigenvalue weighted by molar-refractivity contribution is 0.0929. The van der Waals surface area contributed by atoms with Gasteiger partial charge in [-0.1, -0.05) is 0 Å². The Hall–Kier alpha value is -0.0800. The number of aliphatic hydroxyl groups excluding tert-OH is 1. The van der Waals surface area contributed by atoms with Gasteiger partial charge in [-0.15, -0.1) is 0 Å². The molecule has 59 valence electrons. The van der Waals surface area contributed by atoms with E-state index in [0.717, 1.165) is 19.5 Å². The Morgan fingerprint density at radius 1 is 1.80 bits per heavy atom. The summed E-state index contributed by atoms with van der Waals surface area (Å²) in [6, 6.07) is 0.373. The van der Waals surface area contributed by atoms with Gasteiger partial charge in [0.15, 0.2) is 0 Å². The van der Waals surface area contributed by atoms with E-state index in [4.69, 9.17) is 0 Å². The summed E-state index contributed by atoms with van der Waals surface area (Å²) in [6.45, 7) is 7.61. The maximum atomic E-state index is 9.28. The first-order valence-corrected chi connectivity index (χ1v) is 3.97. The van der Waals surface area contributed by atoms with E-state index < -0.39 is 0 Å². The predicted molar refractivity (Wildman–Crippen MR) is 41.6 cm³/mol. The quantitative estimate of drug-likeness (QED) is 0.612. The van der Waals surface area contributed by atoms with Crippen LogP contribution in [-0.4, -0.2) is 35.2 Å². The summed E-state index contributed by atoms with van der Waals surface area (Å²) >= 11 is 0. The zero-order valence-electron chi connectivity index (χ0n) is 6.58.